The van der Waals surface area contributed by atoms with Crippen molar-refractivity contribution in [2.24, 2.45) is 0 Å². The van der Waals surface area contributed by atoms with Gasteiger partial charge in [-0.15, -0.1) is 0 Å². The molecule has 5 nitrogen and oxygen atoms in total. The molecule has 1 aliphatic heterocycles. The van der Waals surface area contributed by atoms with Crippen LogP contribution in [-0.2, 0) is 6.54 Å². The highest BCUT2D eigenvalue weighted by Gasteiger charge is 2.28. The Morgan fingerprint density at radius 2 is 2.09 bits per heavy atom. The van der Waals surface area contributed by atoms with Crippen LogP contribution in [0.25, 0.3) is 11.4 Å². The van der Waals surface area contributed by atoms with E-state index in [1.54, 1.807) is 0 Å². The van der Waals surface area contributed by atoms with E-state index in [-0.39, 0.29) is 0 Å². The van der Waals surface area contributed by atoms with Crippen LogP contribution in [0.1, 0.15) is 57.6 Å². The second-order valence-corrected chi connectivity index (χ2v) is 6.63. The summed E-state index contributed by atoms with van der Waals surface area (Å²) in [4.78, 5) is 12.2. The van der Waals surface area contributed by atoms with Crippen LogP contribution in [0.5, 0.6) is 0 Å². The molecule has 3 heterocycles. The second kappa shape index (κ2) is 6.79. The van der Waals surface area contributed by atoms with Crippen LogP contribution < -0.4 is 0 Å². The van der Waals surface area contributed by atoms with Gasteiger partial charge in [0.2, 0.25) is 0 Å². The summed E-state index contributed by atoms with van der Waals surface area (Å²) in [7, 11) is 0. The van der Waals surface area contributed by atoms with Crippen LogP contribution in [0.15, 0.2) is 18.3 Å². The summed E-state index contributed by atoms with van der Waals surface area (Å²) < 4.78 is 1.99. The van der Waals surface area contributed by atoms with Gasteiger partial charge in [0.15, 0.2) is 0 Å². The molecule has 2 aromatic heterocycles. The van der Waals surface area contributed by atoms with Gasteiger partial charge in [-0.2, -0.15) is 5.10 Å². The Bertz CT molecular complexity index is 661. The molecule has 0 aliphatic carbocycles. The monoisotopic (exact) mass is 313 g/mol. The summed E-state index contributed by atoms with van der Waals surface area (Å²) in [5.74, 6) is 0.970. The highest BCUT2D eigenvalue weighted by atomic mass is 15.3. The minimum absolute atomic E-state index is 0.334. The number of likely N-dealkylation sites (tertiary alicyclic amines) is 1. The van der Waals surface area contributed by atoms with Gasteiger partial charge >= 0.3 is 0 Å². The number of rotatable bonds is 4. The molecule has 0 unspecified atom stereocenters. The Hall–Kier alpha value is -1.75. The van der Waals surface area contributed by atoms with Crippen molar-refractivity contribution in [3.63, 3.8) is 0 Å². The molecule has 0 radical (unpaired) electrons. The normalized spacial score (nSPS) is 19.4. The number of aryl methyl sites for hydroxylation is 2. The zero-order valence-corrected chi connectivity index (χ0v) is 14.7. The predicted molar refractivity (Wildman–Crippen MR) is 92.1 cm³/mol. The first kappa shape index (κ1) is 16.1. The van der Waals surface area contributed by atoms with E-state index in [2.05, 4.69) is 43.8 Å². The first-order valence-corrected chi connectivity index (χ1v) is 8.73. The predicted octanol–water partition coefficient (Wildman–Crippen LogP) is 3.60. The maximum atomic E-state index is 4.93. The van der Waals surface area contributed by atoms with E-state index in [0.29, 0.717) is 12.1 Å². The highest BCUT2D eigenvalue weighted by Crippen LogP contribution is 2.31. The summed E-state index contributed by atoms with van der Waals surface area (Å²) in [6.07, 6.45) is 5.52. The quantitative estimate of drug-likeness (QED) is 0.865. The van der Waals surface area contributed by atoms with Crippen molar-refractivity contribution in [3.05, 3.63) is 29.8 Å². The lowest BCUT2D eigenvalue weighted by molar-refractivity contribution is 0.106. The third-order valence-corrected chi connectivity index (χ3v) is 4.66. The van der Waals surface area contributed by atoms with E-state index in [1.165, 1.54) is 12.8 Å². The molecule has 124 valence electrons. The summed E-state index contributed by atoms with van der Waals surface area (Å²) in [5, 5.41) is 4.37. The fourth-order valence-corrected chi connectivity index (χ4v) is 3.52. The van der Waals surface area contributed by atoms with E-state index in [1.807, 2.05) is 16.9 Å². The summed E-state index contributed by atoms with van der Waals surface area (Å²) in [6, 6.07) is 4.96. The topological polar surface area (TPSA) is 46.8 Å². The Balaban J connectivity index is 2.00. The number of hydrogen-bond donors (Lipinski definition) is 0. The average molecular weight is 313 g/mol. The van der Waals surface area contributed by atoms with E-state index in [9.17, 15) is 0 Å². The van der Waals surface area contributed by atoms with Crippen LogP contribution in [0, 0.1) is 6.92 Å². The molecule has 1 fully saturated rings. The maximum Gasteiger partial charge on any atom is 0.146 e. The highest BCUT2D eigenvalue weighted by molar-refractivity contribution is 5.54. The van der Waals surface area contributed by atoms with Crippen LogP contribution in [0.4, 0.5) is 0 Å². The van der Waals surface area contributed by atoms with Gasteiger partial charge in [0.1, 0.15) is 5.82 Å². The molecule has 0 aromatic carbocycles. The van der Waals surface area contributed by atoms with Crippen LogP contribution in [0.2, 0.25) is 0 Å². The Labute approximate surface area is 138 Å². The molecule has 2 aromatic rings. The van der Waals surface area contributed by atoms with Gasteiger partial charge < -0.3 is 0 Å². The lowest BCUT2D eigenvalue weighted by atomic mass is 9.99. The fourth-order valence-electron chi connectivity index (χ4n) is 3.52. The Kier molecular flexibility index (Phi) is 4.76. The molecule has 1 atom stereocenters. The smallest absolute Gasteiger partial charge is 0.146 e. The molecular weight excluding hydrogens is 286 g/mol. The minimum atomic E-state index is 0.334. The number of piperidine rings is 1. The molecule has 0 spiro atoms. The molecule has 0 amide bonds. The summed E-state index contributed by atoms with van der Waals surface area (Å²) in [6.45, 7) is 10.7. The molecule has 5 heteroatoms. The van der Waals surface area contributed by atoms with Crippen molar-refractivity contribution in [3.8, 4) is 11.4 Å². The van der Waals surface area contributed by atoms with Gasteiger partial charge in [-0.1, -0.05) is 6.42 Å². The minimum Gasteiger partial charge on any atom is -0.291 e. The summed E-state index contributed by atoms with van der Waals surface area (Å²) >= 11 is 0. The third-order valence-electron chi connectivity index (χ3n) is 4.66. The number of hydrogen-bond acceptors (Lipinski definition) is 4. The average Bonchev–Trinajstić information content (AvgIpc) is 3.03. The van der Waals surface area contributed by atoms with Gasteiger partial charge in [0, 0.05) is 24.5 Å². The standard InChI is InChI=1S/C18H27N5/c1-5-23-16(9-10-19-23)15-12-14(4)20-18(21-15)17-8-6-7-11-22(17)13(2)3/h9-10,12-13,17H,5-8,11H2,1-4H3/t17-/m1/s1. The van der Waals surface area contributed by atoms with E-state index >= 15 is 0 Å². The van der Waals surface area contributed by atoms with Crippen molar-refractivity contribution in [2.75, 3.05) is 6.54 Å². The zero-order chi connectivity index (χ0) is 16.4. The van der Waals surface area contributed by atoms with Crippen molar-refractivity contribution < 1.29 is 0 Å². The van der Waals surface area contributed by atoms with Crippen molar-refractivity contribution in [1.82, 2.24) is 24.6 Å². The third kappa shape index (κ3) is 3.29. The molecule has 0 saturated carbocycles. The zero-order valence-electron chi connectivity index (χ0n) is 14.7. The van der Waals surface area contributed by atoms with E-state index < -0.39 is 0 Å². The molecule has 0 N–H and O–H groups in total. The largest absolute Gasteiger partial charge is 0.291 e. The van der Waals surface area contributed by atoms with Gasteiger partial charge in [0.25, 0.3) is 0 Å². The van der Waals surface area contributed by atoms with Crippen molar-refractivity contribution in [1.29, 1.82) is 0 Å². The molecule has 0 bridgehead atoms. The number of aromatic nitrogens is 4. The van der Waals surface area contributed by atoms with Crippen LogP contribution in [0.3, 0.4) is 0 Å². The Morgan fingerprint density at radius 1 is 1.26 bits per heavy atom. The fraction of sp³-hybridized carbons (Fsp3) is 0.611. The van der Waals surface area contributed by atoms with Crippen molar-refractivity contribution >= 4 is 0 Å². The molecular formula is C18H27N5. The van der Waals surface area contributed by atoms with Crippen LogP contribution in [-0.4, -0.2) is 37.2 Å². The van der Waals surface area contributed by atoms with Crippen molar-refractivity contribution in [2.45, 2.75) is 65.6 Å². The van der Waals surface area contributed by atoms with Gasteiger partial charge in [0.05, 0.1) is 17.4 Å². The van der Waals surface area contributed by atoms with E-state index in [0.717, 1.165) is 42.4 Å². The SMILES string of the molecule is CCn1nccc1-c1cc(C)nc([C@H]2CCCCN2C(C)C)n1. The molecule has 1 aliphatic rings. The van der Waals surface area contributed by atoms with Gasteiger partial charge in [-0.05, 0) is 59.2 Å². The maximum absolute atomic E-state index is 4.93. The first-order valence-electron chi connectivity index (χ1n) is 8.73. The molecule has 1 saturated heterocycles. The molecule has 3 rings (SSSR count). The first-order chi connectivity index (χ1) is 11.1. The number of nitrogens with zero attached hydrogens (tertiary/aromatic N) is 5. The Morgan fingerprint density at radius 3 is 2.83 bits per heavy atom. The van der Waals surface area contributed by atoms with Crippen LogP contribution >= 0.6 is 0 Å². The second-order valence-electron chi connectivity index (χ2n) is 6.63. The van der Waals surface area contributed by atoms with E-state index in [4.69, 9.17) is 9.97 Å². The van der Waals surface area contributed by atoms with Gasteiger partial charge in [-0.3, -0.25) is 9.58 Å². The summed E-state index contributed by atoms with van der Waals surface area (Å²) in [5.41, 5.74) is 3.09. The van der Waals surface area contributed by atoms with Gasteiger partial charge in [-0.25, -0.2) is 9.97 Å². The lowest BCUT2D eigenvalue weighted by Crippen LogP contribution is -2.39. The lowest BCUT2D eigenvalue weighted by Gasteiger charge is -2.37. The molecule has 23 heavy (non-hydrogen) atoms.